The lowest BCUT2D eigenvalue weighted by Crippen LogP contribution is -2.32. The lowest BCUT2D eigenvalue weighted by atomic mass is 10.1. The van der Waals surface area contributed by atoms with Crippen molar-refractivity contribution in [3.8, 4) is 5.75 Å². The Hall–Kier alpha value is -1.90. The van der Waals surface area contributed by atoms with Crippen LogP contribution in [0.5, 0.6) is 5.75 Å². The highest BCUT2D eigenvalue weighted by atomic mass is 79.9. The molecule has 0 saturated carbocycles. The van der Waals surface area contributed by atoms with Gasteiger partial charge in [-0.15, -0.1) is 0 Å². The summed E-state index contributed by atoms with van der Waals surface area (Å²) < 4.78 is 34.3. The number of ether oxygens (including phenoxy) is 1. The molecule has 0 spiro atoms. The molecule has 6 nitrogen and oxygen atoms in total. The predicted octanol–water partition coefficient (Wildman–Crippen LogP) is 4.51. The van der Waals surface area contributed by atoms with Crippen LogP contribution in [0.3, 0.4) is 0 Å². The van der Waals surface area contributed by atoms with Crippen LogP contribution >= 0.6 is 15.9 Å². The van der Waals surface area contributed by atoms with Crippen LogP contribution in [0.15, 0.2) is 51.8 Å². The van der Waals surface area contributed by atoms with Gasteiger partial charge in [-0.05, 0) is 49.6 Å². The fourth-order valence-electron chi connectivity index (χ4n) is 3.62. The lowest BCUT2D eigenvalue weighted by Gasteiger charge is -2.22. The summed E-state index contributed by atoms with van der Waals surface area (Å²) >= 11 is 3.50. The lowest BCUT2D eigenvalue weighted by molar-refractivity contribution is 0.0939. The van der Waals surface area contributed by atoms with Crippen molar-refractivity contribution < 1.29 is 17.9 Å². The zero-order valence-corrected chi connectivity index (χ0v) is 19.6. The van der Waals surface area contributed by atoms with E-state index in [1.807, 2.05) is 31.2 Å². The topological polar surface area (TPSA) is 75.7 Å². The Morgan fingerprint density at radius 2 is 1.77 bits per heavy atom. The molecule has 2 aromatic carbocycles. The van der Waals surface area contributed by atoms with Gasteiger partial charge in [0.25, 0.3) is 5.91 Å². The number of sulfonamides is 1. The molecular formula is C22H27BrN2O4S. The second-order valence-electron chi connectivity index (χ2n) is 7.40. The maximum atomic E-state index is 13.3. The van der Waals surface area contributed by atoms with Gasteiger partial charge in [0.1, 0.15) is 10.6 Å². The van der Waals surface area contributed by atoms with E-state index in [0.717, 1.165) is 35.7 Å². The largest absolute Gasteiger partial charge is 0.495 e. The van der Waals surface area contributed by atoms with E-state index >= 15 is 0 Å². The van der Waals surface area contributed by atoms with Gasteiger partial charge in [-0.1, -0.05) is 47.0 Å². The number of nitrogens with zero attached hydrogens (tertiary/aromatic N) is 1. The monoisotopic (exact) mass is 494 g/mol. The summed E-state index contributed by atoms with van der Waals surface area (Å²) in [4.78, 5) is 12.9. The SMILES string of the molecule is COc1ccc(C(=O)NC(C)c2ccccc2Br)cc1S(=O)(=O)N1CCCCCC1. The second kappa shape index (κ2) is 9.94. The summed E-state index contributed by atoms with van der Waals surface area (Å²) in [6, 6.07) is 12.0. The molecule has 3 rings (SSSR count). The van der Waals surface area contributed by atoms with Crippen LogP contribution in [0, 0.1) is 0 Å². The number of amides is 1. The van der Waals surface area contributed by atoms with Crippen molar-refractivity contribution >= 4 is 31.9 Å². The Labute approximate surface area is 186 Å². The number of rotatable bonds is 6. The minimum absolute atomic E-state index is 0.0353. The van der Waals surface area contributed by atoms with Crippen LogP contribution in [-0.2, 0) is 10.0 Å². The quantitative estimate of drug-likeness (QED) is 0.640. The van der Waals surface area contributed by atoms with Crippen molar-refractivity contribution in [3.05, 3.63) is 58.1 Å². The molecule has 0 aromatic heterocycles. The fraction of sp³-hybridized carbons (Fsp3) is 0.409. The van der Waals surface area contributed by atoms with Crippen molar-refractivity contribution in [1.29, 1.82) is 0 Å². The number of carbonyl (C=O) groups is 1. The summed E-state index contributed by atoms with van der Waals surface area (Å²) in [6.07, 6.45) is 3.73. The van der Waals surface area contributed by atoms with Crippen LogP contribution in [-0.4, -0.2) is 38.8 Å². The van der Waals surface area contributed by atoms with Crippen LogP contribution in [0.25, 0.3) is 0 Å². The van der Waals surface area contributed by atoms with Gasteiger partial charge >= 0.3 is 0 Å². The van der Waals surface area contributed by atoms with E-state index < -0.39 is 10.0 Å². The van der Waals surface area contributed by atoms with E-state index in [2.05, 4.69) is 21.2 Å². The normalized spacial score (nSPS) is 16.5. The molecule has 1 atom stereocenters. The Bertz CT molecular complexity index is 1000. The van der Waals surface area contributed by atoms with Crippen LogP contribution < -0.4 is 10.1 Å². The molecule has 0 bridgehead atoms. The Morgan fingerprint density at radius 1 is 1.10 bits per heavy atom. The molecule has 0 aliphatic carbocycles. The van der Waals surface area contributed by atoms with Crippen molar-refractivity contribution in [2.75, 3.05) is 20.2 Å². The number of nitrogens with one attached hydrogen (secondary N) is 1. The van der Waals surface area contributed by atoms with Crippen molar-refractivity contribution in [1.82, 2.24) is 9.62 Å². The molecule has 162 valence electrons. The van der Waals surface area contributed by atoms with Crippen LogP contribution in [0.1, 0.15) is 54.6 Å². The summed E-state index contributed by atoms with van der Waals surface area (Å²) in [5.74, 6) is -0.0946. The van der Waals surface area contributed by atoms with Gasteiger partial charge in [-0.2, -0.15) is 4.31 Å². The second-order valence-corrected chi connectivity index (χ2v) is 10.2. The van der Waals surface area contributed by atoms with Crippen LogP contribution in [0.2, 0.25) is 0 Å². The highest BCUT2D eigenvalue weighted by Crippen LogP contribution is 2.30. The van der Waals surface area contributed by atoms with Gasteiger partial charge in [0.2, 0.25) is 10.0 Å². The van der Waals surface area contributed by atoms with E-state index in [9.17, 15) is 13.2 Å². The average molecular weight is 495 g/mol. The first-order valence-electron chi connectivity index (χ1n) is 10.1. The number of hydrogen-bond acceptors (Lipinski definition) is 4. The summed E-state index contributed by atoms with van der Waals surface area (Å²) in [7, 11) is -2.31. The fourth-order valence-corrected chi connectivity index (χ4v) is 5.95. The molecule has 2 aromatic rings. The summed E-state index contributed by atoms with van der Waals surface area (Å²) in [5, 5.41) is 2.94. The average Bonchev–Trinajstić information content (AvgIpc) is 3.03. The first kappa shape index (κ1) is 22.8. The highest BCUT2D eigenvalue weighted by Gasteiger charge is 2.29. The molecule has 1 saturated heterocycles. The first-order chi connectivity index (χ1) is 14.3. The number of halogens is 1. The van der Waals surface area contributed by atoms with Gasteiger partial charge in [-0.25, -0.2) is 8.42 Å². The van der Waals surface area contributed by atoms with Gasteiger partial charge in [0.15, 0.2) is 0 Å². The standard InChI is InChI=1S/C22H27BrN2O4S/c1-16(18-9-5-6-10-19(18)23)24-22(26)17-11-12-20(29-2)21(15-17)30(27,28)25-13-7-3-4-8-14-25/h5-6,9-12,15-16H,3-4,7-8,13-14H2,1-2H3,(H,24,26). The van der Waals surface area contributed by atoms with Crippen LogP contribution in [0.4, 0.5) is 0 Å². The summed E-state index contributed by atoms with van der Waals surface area (Å²) in [6.45, 7) is 2.86. The Balaban J connectivity index is 1.88. The molecule has 1 aliphatic rings. The van der Waals surface area contributed by atoms with Gasteiger partial charge in [-0.3, -0.25) is 4.79 Å². The molecule has 1 aliphatic heterocycles. The third-order valence-electron chi connectivity index (χ3n) is 5.33. The van der Waals surface area contributed by atoms with E-state index in [1.54, 1.807) is 12.1 Å². The molecule has 1 fully saturated rings. The minimum Gasteiger partial charge on any atom is -0.495 e. The molecule has 1 N–H and O–H groups in total. The third-order valence-corrected chi connectivity index (χ3v) is 7.97. The third kappa shape index (κ3) is 5.04. The smallest absolute Gasteiger partial charge is 0.251 e. The van der Waals surface area contributed by atoms with E-state index in [4.69, 9.17) is 4.74 Å². The maximum absolute atomic E-state index is 13.3. The van der Waals surface area contributed by atoms with Gasteiger partial charge < -0.3 is 10.1 Å². The Kier molecular flexibility index (Phi) is 7.55. The molecule has 8 heteroatoms. The van der Waals surface area contributed by atoms with Crippen molar-refractivity contribution in [2.45, 2.75) is 43.5 Å². The summed E-state index contributed by atoms with van der Waals surface area (Å²) in [5.41, 5.74) is 1.22. The van der Waals surface area contributed by atoms with Crippen molar-refractivity contribution in [2.24, 2.45) is 0 Å². The predicted molar refractivity (Wildman–Crippen MR) is 120 cm³/mol. The zero-order valence-electron chi connectivity index (χ0n) is 17.2. The number of methoxy groups -OCH3 is 1. The highest BCUT2D eigenvalue weighted by molar-refractivity contribution is 9.10. The molecule has 1 amide bonds. The van der Waals surface area contributed by atoms with E-state index in [0.29, 0.717) is 13.1 Å². The van der Waals surface area contributed by atoms with Gasteiger partial charge in [0.05, 0.1) is 13.2 Å². The molecule has 1 unspecified atom stereocenters. The molecule has 30 heavy (non-hydrogen) atoms. The number of carbonyl (C=O) groups excluding carboxylic acids is 1. The van der Waals surface area contributed by atoms with Crippen molar-refractivity contribution in [3.63, 3.8) is 0 Å². The van der Waals surface area contributed by atoms with E-state index in [-0.39, 0.29) is 28.2 Å². The maximum Gasteiger partial charge on any atom is 0.251 e. The van der Waals surface area contributed by atoms with E-state index in [1.165, 1.54) is 17.5 Å². The minimum atomic E-state index is -3.75. The molecule has 1 heterocycles. The molecular weight excluding hydrogens is 468 g/mol. The van der Waals surface area contributed by atoms with Gasteiger partial charge in [0, 0.05) is 23.1 Å². The zero-order chi connectivity index (χ0) is 21.7. The molecule has 0 radical (unpaired) electrons. The number of benzene rings is 2. The number of hydrogen-bond donors (Lipinski definition) is 1. The Morgan fingerprint density at radius 3 is 2.40 bits per heavy atom. The first-order valence-corrected chi connectivity index (χ1v) is 12.3.